The van der Waals surface area contributed by atoms with Crippen LogP contribution >= 0.6 is 0 Å². The number of amides is 1. The lowest BCUT2D eigenvalue weighted by atomic mass is 9.82. The Morgan fingerprint density at radius 1 is 1.17 bits per heavy atom. The zero-order valence-corrected chi connectivity index (χ0v) is 17.3. The molecule has 29 heavy (non-hydrogen) atoms. The van der Waals surface area contributed by atoms with Crippen molar-refractivity contribution in [2.75, 3.05) is 14.1 Å². The Balaban J connectivity index is 1.77. The monoisotopic (exact) mass is 415 g/mol. The fourth-order valence-electron chi connectivity index (χ4n) is 4.05. The summed E-state index contributed by atoms with van der Waals surface area (Å²) in [5.74, 6) is -0.206. The zero-order chi connectivity index (χ0) is 20.6. The Kier molecular flexibility index (Phi) is 5.18. The van der Waals surface area contributed by atoms with Crippen LogP contribution < -0.4 is 4.72 Å². The molecule has 1 aliphatic carbocycles. The number of nitrogens with one attached hydrogen (secondary N) is 3. The summed E-state index contributed by atoms with van der Waals surface area (Å²) in [7, 11) is -1.10. The van der Waals surface area contributed by atoms with Crippen molar-refractivity contribution in [2.45, 2.75) is 38.0 Å². The van der Waals surface area contributed by atoms with Crippen molar-refractivity contribution in [2.24, 2.45) is 0 Å². The molecule has 1 fully saturated rings. The van der Waals surface area contributed by atoms with Gasteiger partial charge in [-0.2, -0.15) is 17.8 Å². The second kappa shape index (κ2) is 7.64. The maximum atomic E-state index is 12.5. The van der Waals surface area contributed by atoms with E-state index < -0.39 is 16.1 Å². The molecule has 0 aliphatic heterocycles. The van der Waals surface area contributed by atoms with Crippen molar-refractivity contribution >= 4 is 27.0 Å². The Morgan fingerprint density at radius 2 is 1.93 bits per heavy atom. The van der Waals surface area contributed by atoms with Gasteiger partial charge >= 0.3 is 10.2 Å². The van der Waals surface area contributed by atoms with Crippen molar-refractivity contribution in [1.29, 1.82) is 0 Å². The second-order valence-electron chi connectivity index (χ2n) is 7.70. The van der Waals surface area contributed by atoms with E-state index in [1.54, 1.807) is 18.3 Å². The van der Waals surface area contributed by atoms with Crippen molar-refractivity contribution in [3.63, 3.8) is 0 Å². The first kappa shape index (κ1) is 19.7. The van der Waals surface area contributed by atoms with Crippen molar-refractivity contribution in [1.82, 2.24) is 24.2 Å². The fourth-order valence-corrected chi connectivity index (χ4v) is 4.59. The Morgan fingerprint density at radius 3 is 2.59 bits per heavy atom. The molecule has 1 aliphatic rings. The average Bonchev–Trinajstić information content (AvgIpc) is 3.35. The SMILES string of the molecule is CN(C)S(=O)(=O)NC(=O)c1ccc2c(C3CCCCC3)c(-c3ccn[nH]3)[nH]c2c1. The van der Waals surface area contributed by atoms with E-state index in [1.165, 1.54) is 38.9 Å². The van der Waals surface area contributed by atoms with Gasteiger partial charge in [0.25, 0.3) is 5.91 Å². The first-order valence-electron chi connectivity index (χ1n) is 9.77. The van der Waals surface area contributed by atoms with Gasteiger partial charge in [0.05, 0.1) is 11.4 Å². The molecular weight excluding hydrogens is 390 g/mol. The van der Waals surface area contributed by atoms with Crippen LogP contribution in [0.5, 0.6) is 0 Å². The number of H-pyrrole nitrogens is 2. The van der Waals surface area contributed by atoms with Crippen LogP contribution in [0.3, 0.4) is 0 Å². The van der Waals surface area contributed by atoms with Gasteiger partial charge in [-0.05, 0) is 42.5 Å². The van der Waals surface area contributed by atoms with Gasteiger partial charge in [0.15, 0.2) is 0 Å². The molecule has 0 atom stereocenters. The minimum absolute atomic E-state index is 0.288. The molecule has 0 spiro atoms. The maximum Gasteiger partial charge on any atom is 0.303 e. The quantitative estimate of drug-likeness (QED) is 0.594. The van der Waals surface area contributed by atoms with Crippen molar-refractivity contribution < 1.29 is 13.2 Å². The molecule has 9 heteroatoms. The first-order chi connectivity index (χ1) is 13.9. The third kappa shape index (κ3) is 3.79. The summed E-state index contributed by atoms with van der Waals surface area (Å²) >= 11 is 0. The predicted molar refractivity (Wildman–Crippen MR) is 112 cm³/mol. The van der Waals surface area contributed by atoms with E-state index in [9.17, 15) is 13.2 Å². The van der Waals surface area contributed by atoms with Crippen LogP contribution in [0, 0.1) is 0 Å². The molecule has 2 aromatic heterocycles. The zero-order valence-electron chi connectivity index (χ0n) is 16.5. The van der Waals surface area contributed by atoms with Gasteiger partial charge in [-0.25, -0.2) is 4.72 Å². The molecule has 4 rings (SSSR count). The van der Waals surface area contributed by atoms with Gasteiger partial charge < -0.3 is 4.98 Å². The highest BCUT2D eigenvalue weighted by molar-refractivity contribution is 7.87. The number of benzene rings is 1. The van der Waals surface area contributed by atoms with Crippen LogP contribution in [-0.4, -0.2) is 47.9 Å². The van der Waals surface area contributed by atoms with E-state index in [1.807, 2.05) is 12.1 Å². The van der Waals surface area contributed by atoms with E-state index in [2.05, 4.69) is 19.9 Å². The van der Waals surface area contributed by atoms with E-state index >= 15 is 0 Å². The number of aromatic amines is 2. The van der Waals surface area contributed by atoms with Crippen LogP contribution in [0.4, 0.5) is 0 Å². The van der Waals surface area contributed by atoms with Crippen LogP contribution in [0.25, 0.3) is 22.3 Å². The van der Waals surface area contributed by atoms with E-state index in [4.69, 9.17) is 0 Å². The van der Waals surface area contributed by atoms with Crippen LogP contribution in [0.1, 0.15) is 53.9 Å². The molecule has 154 valence electrons. The lowest BCUT2D eigenvalue weighted by molar-refractivity contribution is 0.0980. The molecule has 0 unspecified atom stereocenters. The molecule has 3 N–H and O–H groups in total. The van der Waals surface area contributed by atoms with Gasteiger partial charge in [0, 0.05) is 36.8 Å². The highest BCUT2D eigenvalue weighted by atomic mass is 32.2. The number of aromatic nitrogens is 3. The van der Waals surface area contributed by atoms with Gasteiger partial charge in [0.1, 0.15) is 0 Å². The lowest BCUT2D eigenvalue weighted by Crippen LogP contribution is -2.39. The Bertz CT molecular complexity index is 1130. The minimum Gasteiger partial charge on any atom is -0.353 e. The highest BCUT2D eigenvalue weighted by Crippen LogP contribution is 2.41. The number of nitrogens with zero attached hydrogens (tertiary/aromatic N) is 2. The highest BCUT2D eigenvalue weighted by Gasteiger charge is 2.25. The number of carbonyl (C=O) groups excluding carboxylic acids is 1. The number of fused-ring (bicyclic) bond motifs is 1. The van der Waals surface area contributed by atoms with Crippen molar-refractivity contribution in [3.8, 4) is 11.4 Å². The summed E-state index contributed by atoms with van der Waals surface area (Å²) < 4.78 is 27.0. The standard InChI is InChI=1S/C20H25N5O3S/c1-25(2)29(27,28)24-20(26)14-8-9-15-17(12-14)22-19(16-10-11-21-23-16)18(15)13-6-4-3-5-7-13/h8-13,22H,3-7H2,1-2H3,(H,21,23)(H,24,26). The number of hydrogen-bond acceptors (Lipinski definition) is 4. The summed E-state index contributed by atoms with van der Waals surface area (Å²) in [5, 5.41) is 8.17. The topological polar surface area (TPSA) is 111 Å². The molecule has 0 bridgehead atoms. The van der Waals surface area contributed by atoms with Crippen molar-refractivity contribution in [3.05, 3.63) is 41.6 Å². The molecule has 2 heterocycles. The van der Waals surface area contributed by atoms with Crippen LogP contribution in [0.2, 0.25) is 0 Å². The average molecular weight is 416 g/mol. The maximum absolute atomic E-state index is 12.5. The predicted octanol–water partition coefficient (Wildman–Crippen LogP) is 3.14. The molecule has 1 aromatic carbocycles. The van der Waals surface area contributed by atoms with Crippen LogP contribution in [0.15, 0.2) is 30.5 Å². The lowest BCUT2D eigenvalue weighted by Gasteiger charge is -2.22. The fraction of sp³-hybridized carbons (Fsp3) is 0.400. The normalized spacial score (nSPS) is 15.8. The van der Waals surface area contributed by atoms with Gasteiger partial charge in [0.2, 0.25) is 0 Å². The summed E-state index contributed by atoms with van der Waals surface area (Å²) in [6.45, 7) is 0. The van der Waals surface area contributed by atoms with E-state index in [0.717, 1.165) is 39.4 Å². The molecule has 0 radical (unpaired) electrons. The Labute approximate surface area is 169 Å². The van der Waals surface area contributed by atoms with E-state index in [0.29, 0.717) is 5.92 Å². The molecular formula is C20H25N5O3S. The van der Waals surface area contributed by atoms with Gasteiger partial charge in [-0.3, -0.25) is 9.89 Å². The second-order valence-corrected chi connectivity index (χ2v) is 9.58. The molecule has 0 saturated heterocycles. The summed E-state index contributed by atoms with van der Waals surface area (Å²) in [6, 6.07) is 7.23. The number of hydrogen-bond donors (Lipinski definition) is 3. The number of rotatable bonds is 5. The first-order valence-corrected chi connectivity index (χ1v) is 11.2. The number of carbonyl (C=O) groups is 1. The third-order valence-electron chi connectivity index (χ3n) is 5.59. The molecule has 1 saturated carbocycles. The summed E-state index contributed by atoms with van der Waals surface area (Å²) in [6.07, 6.45) is 7.68. The van der Waals surface area contributed by atoms with Gasteiger partial charge in [-0.15, -0.1) is 0 Å². The smallest absolute Gasteiger partial charge is 0.303 e. The minimum atomic E-state index is -3.84. The summed E-state index contributed by atoms with van der Waals surface area (Å²) in [5.41, 5.74) is 4.24. The van der Waals surface area contributed by atoms with E-state index in [-0.39, 0.29) is 5.56 Å². The molecule has 8 nitrogen and oxygen atoms in total. The van der Waals surface area contributed by atoms with Crippen LogP contribution in [-0.2, 0) is 10.2 Å². The largest absolute Gasteiger partial charge is 0.353 e. The molecule has 1 amide bonds. The summed E-state index contributed by atoms with van der Waals surface area (Å²) in [4.78, 5) is 15.9. The third-order valence-corrected chi connectivity index (χ3v) is 6.99. The van der Waals surface area contributed by atoms with Gasteiger partial charge in [-0.1, -0.05) is 25.3 Å². The molecule has 3 aromatic rings. The Hall–Kier alpha value is -2.65.